The lowest BCUT2D eigenvalue weighted by atomic mass is 9.92. The van der Waals surface area contributed by atoms with Crippen LogP contribution in [0.1, 0.15) is 33.3 Å². The molecule has 3 nitrogen and oxygen atoms in total. The number of rotatable bonds is 4. The van der Waals surface area contributed by atoms with Gasteiger partial charge in [-0.15, -0.1) is 0 Å². The van der Waals surface area contributed by atoms with Crippen LogP contribution in [0.4, 0.5) is 8.78 Å². The number of hydrogen-bond acceptors (Lipinski definition) is 2. The summed E-state index contributed by atoms with van der Waals surface area (Å²) in [6.07, 6.45) is 0. The van der Waals surface area contributed by atoms with Gasteiger partial charge in [-0.1, -0.05) is 13.0 Å². The molecule has 0 aliphatic carbocycles. The highest BCUT2D eigenvalue weighted by molar-refractivity contribution is 5.79. The summed E-state index contributed by atoms with van der Waals surface area (Å²) >= 11 is 0. The van der Waals surface area contributed by atoms with Crippen LogP contribution in [-0.4, -0.2) is 11.9 Å². The van der Waals surface area contributed by atoms with Crippen LogP contribution in [0, 0.1) is 17.6 Å². The Hall–Kier alpha value is -1.49. The summed E-state index contributed by atoms with van der Waals surface area (Å²) in [5.41, 5.74) is 5.37. The normalized spacial score (nSPS) is 14.9. The Morgan fingerprint density at radius 1 is 1.26 bits per heavy atom. The first-order chi connectivity index (χ1) is 8.65. The molecule has 0 saturated carbocycles. The zero-order valence-corrected chi connectivity index (χ0v) is 11.6. The number of carbonyl (C=O) groups is 1. The molecule has 2 atom stereocenters. The molecule has 19 heavy (non-hydrogen) atoms. The maximum atomic E-state index is 13.2. The van der Waals surface area contributed by atoms with E-state index >= 15 is 0 Å². The molecule has 1 rings (SSSR count). The zero-order chi connectivity index (χ0) is 14.8. The lowest BCUT2D eigenvalue weighted by Crippen LogP contribution is -2.47. The van der Waals surface area contributed by atoms with Gasteiger partial charge in [-0.25, -0.2) is 8.78 Å². The molecular formula is C14H20F2N2O. The van der Waals surface area contributed by atoms with Gasteiger partial charge in [0.2, 0.25) is 5.91 Å². The Balaban J connectivity index is 2.91. The second-order valence-electron chi connectivity index (χ2n) is 5.39. The Morgan fingerprint density at radius 3 is 2.32 bits per heavy atom. The van der Waals surface area contributed by atoms with E-state index < -0.39 is 17.2 Å². The summed E-state index contributed by atoms with van der Waals surface area (Å²) in [5.74, 6) is -2.41. The van der Waals surface area contributed by atoms with Gasteiger partial charge in [0.05, 0.1) is 5.54 Å². The smallest absolute Gasteiger partial charge is 0.225 e. The third-order valence-corrected chi connectivity index (χ3v) is 3.28. The quantitative estimate of drug-likeness (QED) is 0.882. The predicted molar refractivity (Wildman–Crippen MR) is 70.3 cm³/mol. The minimum Gasteiger partial charge on any atom is -0.347 e. The van der Waals surface area contributed by atoms with Crippen molar-refractivity contribution in [3.05, 3.63) is 35.4 Å². The van der Waals surface area contributed by atoms with Gasteiger partial charge in [0.15, 0.2) is 11.6 Å². The third-order valence-electron chi connectivity index (χ3n) is 3.28. The fourth-order valence-corrected chi connectivity index (χ4v) is 1.62. The Morgan fingerprint density at radius 2 is 1.84 bits per heavy atom. The van der Waals surface area contributed by atoms with Gasteiger partial charge in [-0.05, 0) is 38.5 Å². The molecule has 2 unspecified atom stereocenters. The summed E-state index contributed by atoms with van der Waals surface area (Å²) < 4.78 is 26.1. The molecule has 3 N–H and O–H groups in total. The van der Waals surface area contributed by atoms with Crippen molar-refractivity contribution < 1.29 is 13.6 Å². The van der Waals surface area contributed by atoms with Crippen LogP contribution in [0.3, 0.4) is 0 Å². The number of carbonyl (C=O) groups excluding carboxylic acids is 1. The van der Waals surface area contributed by atoms with E-state index in [9.17, 15) is 13.6 Å². The van der Waals surface area contributed by atoms with Gasteiger partial charge in [0.25, 0.3) is 0 Å². The van der Waals surface area contributed by atoms with Crippen LogP contribution in [0.25, 0.3) is 0 Å². The Labute approximate surface area is 112 Å². The Kier molecular flexibility index (Phi) is 4.63. The van der Waals surface area contributed by atoms with Gasteiger partial charge >= 0.3 is 0 Å². The van der Waals surface area contributed by atoms with Crippen LogP contribution in [0.15, 0.2) is 18.2 Å². The number of nitrogens with one attached hydrogen (secondary N) is 1. The molecule has 0 aliphatic heterocycles. The lowest BCUT2D eigenvalue weighted by molar-refractivity contribution is -0.126. The van der Waals surface area contributed by atoms with Crippen molar-refractivity contribution in [2.24, 2.45) is 11.7 Å². The monoisotopic (exact) mass is 270 g/mol. The molecule has 106 valence electrons. The second-order valence-corrected chi connectivity index (χ2v) is 5.39. The number of benzene rings is 1. The molecule has 5 heteroatoms. The van der Waals surface area contributed by atoms with Crippen LogP contribution in [0.5, 0.6) is 0 Å². The molecule has 1 aromatic rings. The van der Waals surface area contributed by atoms with Gasteiger partial charge in [-0.3, -0.25) is 4.79 Å². The van der Waals surface area contributed by atoms with E-state index in [0.29, 0.717) is 5.56 Å². The number of amides is 1. The van der Waals surface area contributed by atoms with Crippen LogP contribution in [-0.2, 0) is 10.3 Å². The average Bonchev–Trinajstić information content (AvgIpc) is 2.30. The molecule has 0 heterocycles. The zero-order valence-electron chi connectivity index (χ0n) is 11.6. The van der Waals surface area contributed by atoms with Crippen LogP contribution in [0.2, 0.25) is 0 Å². The molecule has 0 aliphatic rings. The minimum atomic E-state index is -0.930. The van der Waals surface area contributed by atoms with E-state index in [-0.39, 0.29) is 17.9 Å². The van der Waals surface area contributed by atoms with E-state index in [1.807, 2.05) is 0 Å². The van der Waals surface area contributed by atoms with Crippen molar-refractivity contribution in [2.75, 3.05) is 0 Å². The van der Waals surface area contributed by atoms with Crippen molar-refractivity contribution in [2.45, 2.75) is 39.3 Å². The highest BCUT2D eigenvalue weighted by Gasteiger charge is 2.27. The summed E-state index contributed by atoms with van der Waals surface area (Å²) in [5, 5.41) is 2.79. The predicted octanol–water partition coefficient (Wildman–Crippen LogP) is 2.30. The molecule has 0 fully saturated rings. The lowest BCUT2D eigenvalue weighted by Gasteiger charge is -2.29. The fourth-order valence-electron chi connectivity index (χ4n) is 1.62. The fraction of sp³-hybridized carbons (Fsp3) is 0.500. The Bertz CT molecular complexity index is 473. The third kappa shape index (κ3) is 3.73. The van der Waals surface area contributed by atoms with Crippen LogP contribution >= 0.6 is 0 Å². The molecule has 0 radical (unpaired) electrons. The van der Waals surface area contributed by atoms with Crippen LogP contribution < -0.4 is 11.1 Å². The van der Waals surface area contributed by atoms with E-state index in [4.69, 9.17) is 5.73 Å². The first-order valence-corrected chi connectivity index (χ1v) is 6.18. The molecule has 1 amide bonds. The number of nitrogens with two attached hydrogens (primary N) is 1. The molecular weight excluding hydrogens is 250 g/mol. The van der Waals surface area contributed by atoms with Crippen molar-refractivity contribution >= 4 is 5.91 Å². The largest absolute Gasteiger partial charge is 0.347 e. The summed E-state index contributed by atoms with van der Waals surface area (Å²) in [4.78, 5) is 12.0. The van der Waals surface area contributed by atoms with Crippen molar-refractivity contribution in [1.29, 1.82) is 0 Å². The minimum absolute atomic E-state index is 0.218. The van der Waals surface area contributed by atoms with Gasteiger partial charge in [-0.2, -0.15) is 0 Å². The molecule has 1 aromatic carbocycles. The standard InChI is InChI=1S/C14H20F2N2O/c1-8(9(2)17)13(19)18-14(3,4)10-5-6-11(15)12(16)7-10/h5-9H,17H2,1-4H3,(H,18,19). The van der Waals surface area contributed by atoms with E-state index in [1.165, 1.54) is 6.07 Å². The maximum absolute atomic E-state index is 13.2. The van der Waals surface area contributed by atoms with Crippen molar-refractivity contribution in [3.8, 4) is 0 Å². The molecule has 0 aromatic heterocycles. The van der Waals surface area contributed by atoms with Gasteiger partial charge in [0.1, 0.15) is 0 Å². The topological polar surface area (TPSA) is 55.1 Å². The van der Waals surface area contributed by atoms with Crippen molar-refractivity contribution in [1.82, 2.24) is 5.32 Å². The maximum Gasteiger partial charge on any atom is 0.225 e. The van der Waals surface area contributed by atoms with E-state index in [0.717, 1.165) is 12.1 Å². The van der Waals surface area contributed by atoms with E-state index in [2.05, 4.69) is 5.32 Å². The van der Waals surface area contributed by atoms with Gasteiger partial charge < -0.3 is 11.1 Å². The molecule has 0 saturated heterocycles. The van der Waals surface area contributed by atoms with Crippen molar-refractivity contribution in [3.63, 3.8) is 0 Å². The average molecular weight is 270 g/mol. The second kappa shape index (κ2) is 5.65. The summed E-state index contributed by atoms with van der Waals surface area (Å²) in [6, 6.07) is 3.32. The molecule has 0 spiro atoms. The van der Waals surface area contributed by atoms with Gasteiger partial charge in [0, 0.05) is 12.0 Å². The molecule has 0 bridgehead atoms. The number of hydrogen-bond donors (Lipinski definition) is 2. The summed E-state index contributed by atoms with van der Waals surface area (Å²) in [6.45, 7) is 6.92. The first kappa shape index (κ1) is 15.6. The number of halogens is 2. The SMILES string of the molecule is CC(N)C(C)C(=O)NC(C)(C)c1ccc(F)c(F)c1. The highest BCUT2D eigenvalue weighted by atomic mass is 19.2. The highest BCUT2D eigenvalue weighted by Crippen LogP contribution is 2.22. The first-order valence-electron chi connectivity index (χ1n) is 6.18. The summed E-state index contributed by atoms with van der Waals surface area (Å²) in [7, 11) is 0. The van der Waals surface area contributed by atoms with E-state index in [1.54, 1.807) is 27.7 Å².